The number of aliphatic hydroxyl groups is 1. The Balaban J connectivity index is 1.84. The van der Waals surface area contributed by atoms with Crippen LogP contribution in [-0.4, -0.2) is 19.2 Å². The van der Waals surface area contributed by atoms with Crippen LogP contribution in [0.2, 0.25) is 0 Å². The van der Waals surface area contributed by atoms with E-state index in [2.05, 4.69) is 10.9 Å². The third kappa shape index (κ3) is 3.33. The number of pyridine rings is 1. The van der Waals surface area contributed by atoms with Crippen LogP contribution in [0, 0.1) is 12.3 Å². The van der Waals surface area contributed by atoms with Crippen LogP contribution in [0.15, 0.2) is 96.2 Å². The summed E-state index contributed by atoms with van der Waals surface area (Å²) in [5.74, 6) is 2.66. The molecule has 166 valence electrons. The van der Waals surface area contributed by atoms with E-state index in [4.69, 9.17) is 6.42 Å². The van der Waals surface area contributed by atoms with E-state index in [1.807, 2.05) is 84.4 Å². The van der Waals surface area contributed by atoms with Crippen molar-refractivity contribution in [1.82, 2.24) is 14.1 Å². The molecule has 1 atom stereocenters. The zero-order chi connectivity index (χ0) is 23.9. The number of aryl methyl sites for hydroxylation is 2. The number of hydrogen-bond donors (Lipinski definition) is 1. The number of nitrogens with zero attached hydrogens (tertiary/aromatic N) is 3. The summed E-state index contributed by atoms with van der Waals surface area (Å²) in [7, 11) is 3.61. The van der Waals surface area contributed by atoms with Gasteiger partial charge in [-0.1, -0.05) is 54.5 Å². The lowest BCUT2D eigenvalue weighted by molar-refractivity contribution is 0.117. The van der Waals surface area contributed by atoms with Crippen molar-refractivity contribution in [2.24, 2.45) is 14.1 Å². The number of rotatable bonds is 4. The van der Waals surface area contributed by atoms with Gasteiger partial charge in [-0.3, -0.25) is 4.79 Å². The first-order valence-corrected chi connectivity index (χ1v) is 10.9. The topological polar surface area (TPSA) is 60.1 Å². The van der Waals surface area contributed by atoms with Crippen LogP contribution in [-0.2, 0) is 19.7 Å². The molecule has 2 aromatic heterocycles. The smallest absolute Gasteiger partial charge is 0.251 e. The van der Waals surface area contributed by atoms with Crippen molar-refractivity contribution >= 4 is 10.9 Å². The van der Waals surface area contributed by atoms with E-state index in [0.29, 0.717) is 11.3 Å². The molecule has 0 saturated carbocycles. The van der Waals surface area contributed by atoms with Crippen LogP contribution in [0.1, 0.15) is 22.4 Å². The van der Waals surface area contributed by atoms with Crippen molar-refractivity contribution < 1.29 is 5.11 Å². The normalized spacial score (nSPS) is 12.9. The van der Waals surface area contributed by atoms with Crippen LogP contribution in [0.3, 0.4) is 0 Å². The highest BCUT2D eigenvalue weighted by atomic mass is 16.3. The van der Waals surface area contributed by atoms with Crippen molar-refractivity contribution in [3.63, 3.8) is 0 Å². The van der Waals surface area contributed by atoms with E-state index in [9.17, 15) is 9.90 Å². The van der Waals surface area contributed by atoms with Crippen LogP contribution in [0.4, 0.5) is 0 Å². The summed E-state index contributed by atoms with van der Waals surface area (Å²) in [4.78, 5) is 17.0. The average Bonchev–Trinajstić information content (AvgIpc) is 3.32. The summed E-state index contributed by atoms with van der Waals surface area (Å²) >= 11 is 0. The van der Waals surface area contributed by atoms with Crippen LogP contribution < -0.4 is 5.56 Å². The first-order chi connectivity index (χ1) is 16.4. The van der Waals surface area contributed by atoms with Crippen molar-refractivity contribution in [3.8, 4) is 23.5 Å². The van der Waals surface area contributed by atoms with Crippen molar-refractivity contribution in [2.45, 2.75) is 5.60 Å². The predicted molar refractivity (Wildman–Crippen MR) is 134 cm³/mol. The number of aromatic nitrogens is 3. The lowest BCUT2D eigenvalue weighted by Gasteiger charge is -2.30. The molecule has 0 aliphatic heterocycles. The van der Waals surface area contributed by atoms with Gasteiger partial charge >= 0.3 is 0 Å². The molecule has 0 spiro atoms. The van der Waals surface area contributed by atoms with Crippen LogP contribution in [0.5, 0.6) is 0 Å². The number of terminal acetylenes is 1. The zero-order valence-corrected chi connectivity index (χ0v) is 18.9. The minimum absolute atomic E-state index is 0.119. The maximum absolute atomic E-state index is 12.8. The van der Waals surface area contributed by atoms with Gasteiger partial charge in [0.2, 0.25) is 0 Å². The lowest BCUT2D eigenvalue weighted by atomic mass is 9.82. The van der Waals surface area contributed by atoms with E-state index in [-0.39, 0.29) is 5.56 Å². The Morgan fingerprint density at radius 2 is 1.74 bits per heavy atom. The molecule has 5 rings (SSSR count). The van der Waals surface area contributed by atoms with Crippen molar-refractivity contribution in [3.05, 3.63) is 124 Å². The minimum Gasteiger partial charge on any atom is -0.374 e. The highest BCUT2D eigenvalue weighted by Crippen LogP contribution is 2.39. The summed E-state index contributed by atoms with van der Waals surface area (Å²) in [5.41, 5.74) is 3.56. The predicted octanol–water partition coefficient (Wildman–Crippen LogP) is 4.20. The van der Waals surface area contributed by atoms with Gasteiger partial charge in [-0.25, -0.2) is 4.98 Å². The lowest BCUT2D eigenvalue weighted by Crippen LogP contribution is -2.31. The second kappa shape index (κ2) is 8.18. The van der Waals surface area contributed by atoms with Gasteiger partial charge in [0.05, 0.1) is 23.7 Å². The molecule has 0 saturated heterocycles. The van der Waals surface area contributed by atoms with E-state index in [1.54, 1.807) is 30.2 Å². The fourth-order valence-electron chi connectivity index (χ4n) is 4.55. The SMILES string of the molecule is C#Cc1cccc(-c2cc(=O)n(C)c3ccc([C@](O)(c4ccccc4)c4cncn4C)cc23)c1. The molecule has 0 unspecified atom stereocenters. The molecular formula is C29H23N3O2. The number of benzene rings is 3. The number of imidazole rings is 1. The summed E-state index contributed by atoms with van der Waals surface area (Å²) in [6.45, 7) is 0. The Labute approximate surface area is 197 Å². The first kappa shape index (κ1) is 21.4. The highest BCUT2D eigenvalue weighted by molar-refractivity contribution is 5.95. The summed E-state index contributed by atoms with van der Waals surface area (Å²) in [6.07, 6.45) is 8.97. The van der Waals surface area contributed by atoms with E-state index >= 15 is 0 Å². The molecule has 0 aliphatic rings. The standard InChI is InChI=1S/C29H23N3O2/c1-4-20-9-8-10-21(15-20)24-17-28(33)32(3)26-14-13-23(16-25(24)26)29(34,22-11-6-5-7-12-22)27-18-30-19-31(27)2/h1,5-19,34H,2-3H3/t29-/m1/s1. The Morgan fingerprint density at radius 1 is 0.941 bits per heavy atom. The second-order valence-corrected chi connectivity index (χ2v) is 8.38. The average molecular weight is 446 g/mol. The maximum Gasteiger partial charge on any atom is 0.251 e. The Morgan fingerprint density at radius 3 is 2.44 bits per heavy atom. The molecule has 2 heterocycles. The van der Waals surface area contributed by atoms with Gasteiger partial charge in [0, 0.05) is 31.1 Å². The number of fused-ring (bicyclic) bond motifs is 1. The Bertz CT molecular complexity index is 1620. The molecule has 5 aromatic rings. The summed E-state index contributed by atoms with van der Waals surface area (Å²) in [6, 6.07) is 24.4. The molecule has 0 fully saturated rings. The van der Waals surface area contributed by atoms with Gasteiger partial charge < -0.3 is 14.2 Å². The Kier molecular flexibility index (Phi) is 5.16. The largest absolute Gasteiger partial charge is 0.374 e. The molecule has 0 bridgehead atoms. The van der Waals surface area contributed by atoms with Crippen LogP contribution >= 0.6 is 0 Å². The third-order valence-electron chi connectivity index (χ3n) is 6.38. The second-order valence-electron chi connectivity index (χ2n) is 8.38. The molecule has 34 heavy (non-hydrogen) atoms. The quantitative estimate of drug-likeness (QED) is 0.422. The monoisotopic (exact) mass is 445 g/mol. The summed E-state index contributed by atoms with van der Waals surface area (Å²) in [5, 5.41) is 13.1. The molecule has 5 nitrogen and oxygen atoms in total. The van der Waals surface area contributed by atoms with Gasteiger partial charge in [-0.05, 0) is 46.5 Å². The van der Waals surface area contributed by atoms with Gasteiger partial charge in [0.25, 0.3) is 5.56 Å². The van der Waals surface area contributed by atoms with Gasteiger partial charge in [-0.15, -0.1) is 6.42 Å². The third-order valence-corrected chi connectivity index (χ3v) is 6.38. The summed E-state index contributed by atoms with van der Waals surface area (Å²) < 4.78 is 3.43. The fraction of sp³-hybridized carbons (Fsp3) is 0.103. The van der Waals surface area contributed by atoms with Gasteiger partial charge in [0.1, 0.15) is 0 Å². The number of hydrogen-bond acceptors (Lipinski definition) is 3. The van der Waals surface area contributed by atoms with Gasteiger partial charge in [0.15, 0.2) is 5.60 Å². The fourth-order valence-corrected chi connectivity index (χ4v) is 4.55. The van der Waals surface area contributed by atoms with Crippen molar-refractivity contribution in [1.29, 1.82) is 0 Å². The zero-order valence-electron chi connectivity index (χ0n) is 18.9. The van der Waals surface area contributed by atoms with Crippen molar-refractivity contribution in [2.75, 3.05) is 0 Å². The molecule has 0 radical (unpaired) electrons. The van der Waals surface area contributed by atoms with E-state index < -0.39 is 5.60 Å². The molecule has 3 aromatic carbocycles. The minimum atomic E-state index is -1.45. The highest BCUT2D eigenvalue weighted by Gasteiger charge is 2.36. The van der Waals surface area contributed by atoms with E-state index in [0.717, 1.165) is 33.2 Å². The Hall–Kier alpha value is -4.40. The molecule has 5 heteroatoms. The molecular weight excluding hydrogens is 422 g/mol. The molecule has 0 amide bonds. The first-order valence-electron chi connectivity index (χ1n) is 10.9. The van der Waals surface area contributed by atoms with E-state index in [1.165, 1.54) is 0 Å². The molecule has 1 N–H and O–H groups in total. The van der Waals surface area contributed by atoms with Crippen LogP contribution in [0.25, 0.3) is 22.0 Å². The molecule has 0 aliphatic carbocycles. The maximum atomic E-state index is 12.8. The van der Waals surface area contributed by atoms with Gasteiger partial charge in [-0.2, -0.15) is 0 Å².